The van der Waals surface area contributed by atoms with Crippen LogP contribution in [0.15, 0.2) is 9.59 Å². The van der Waals surface area contributed by atoms with Gasteiger partial charge in [0.25, 0.3) is 0 Å². The number of nitrogens with zero attached hydrogens (tertiary/aromatic N) is 2. The van der Waals surface area contributed by atoms with Crippen molar-refractivity contribution in [2.45, 2.75) is 66.2 Å². The van der Waals surface area contributed by atoms with Crippen molar-refractivity contribution in [2.75, 3.05) is 0 Å². The van der Waals surface area contributed by atoms with Gasteiger partial charge in [0.05, 0.1) is 11.1 Å². The summed E-state index contributed by atoms with van der Waals surface area (Å²) in [5, 5.41) is 21.8. The lowest BCUT2D eigenvalue weighted by molar-refractivity contribution is 0.792. The van der Waals surface area contributed by atoms with E-state index in [4.69, 9.17) is 0 Å². The van der Waals surface area contributed by atoms with E-state index in [-0.39, 0.29) is 10.9 Å². The Kier molecular flexibility index (Phi) is 5.34. The molecule has 0 spiro atoms. The maximum atomic E-state index is 13.2. The van der Waals surface area contributed by atoms with Gasteiger partial charge >= 0.3 is 0 Å². The summed E-state index contributed by atoms with van der Waals surface area (Å²) in [6.07, 6.45) is 4.66. The molecule has 0 aliphatic rings. The number of unbranched alkanes of at least 4 members (excludes halogenated alkanes) is 2. The zero-order valence-corrected chi connectivity index (χ0v) is 17.0. The standard InChI is InChI=1S/C24H24N2O2/c1-5-7-9-15-17(11-25)19-13(3)22-20(14(4)21(19)23(15)27)18(12-26)16(24(22)28)10-8-6-2/h5-10H2,1-4H3. The van der Waals surface area contributed by atoms with E-state index in [0.717, 1.165) is 25.7 Å². The van der Waals surface area contributed by atoms with E-state index in [1.54, 1.807) is 13.8 Å². The third-order valence-corrected chi connectivity index (χ3v) is 5.89. The molecule has 142 valence electrons. The predicted octanol–water partition coefficient (Wildman–Crippen LogP) is 4.63. The molecule has 0 N–H and O–H groups in total. The second-order valence-corrected chi connectivity index (χ2v) is 7.55. The second-order valence-electron chi connectivity index (χ2n) is 7.55. The molecule has 0 atom stereocenters. The van der Waals surface area contributed by atoms with Crippen LogP contribution in [0.4, 0.5) is 0 Å². The first-order valence-corrected chi connectivity index (χ1v) is 9.98. The molecule has 0 amide bonds. The fourth-order valence-corrected chi connectivity index (χ4v) is 4.45. The SMILES string of the molecule is CCCCc1c(C#N)c2c(C)c3c(=O)c(CCCC)c(C#N)c3c(C)c2c1=O. The number of fused-ring (bicyclic) bond motifs is 2. The van der Waals surface area contributed by atoms with Crippen LogP contribution in [-0.4, -0.2) is 0 Å². The molecule has 3 rings (SSSR count). The van der Waals surface area contributed by atoms with Gasteiger partial charge in [-0.05, 0) is 50.7 Å². The molecule has 0 aliphatic carbocycles. The van der Waals surface area contributed by atoms with Gasteiger partial charge < -0.3 is 0 Å². The van der Waals surface area contributed by atoms with Crippen molar-refractivity contribution in [3.05, 3.63) is 53.8 Å². The molecule has 4 heteroatoms. The van der Waals surface area contributed by atoms with Gasteiger partial charge in [-0.3, -0.25) is 9.59 Å². The minimum Gasteiger partial charge on any atom is -0.289 e. The van der Waals surface area contributed by atoms with Crippen LogP contribution in [-0.2, 0) is 12.8 Å². The summed E-state index contributed by atoms with van der Waals surface area (Å²) in [7, 11) is 0. The number of hydrogen-bond acceptors (Lipinski definition) is 4. The highest BCUT2D eigenvalue weighted by Gasteiger charge is 2.27. The van der Waals surface area contributed by atoms with Crippen molar-refractivity contribution in [2.24, 2.45) is 0 Å². The molecule has 0 saturated heterocycles. The molecule has 0 bridgehead atoms. The number of aryl methyl sites for hydroxylation is 2. The summed E-state index contributed by atoms with van der Waals surface area (Å²) in [6.45, 7) is 7.70. The van der Waals surface area contributed by atoms with Crippen LogP contribution in [0.5, 0.6) is 0 Å². The molecule has 0 unspecified atom stereocenters. The maximum absolute atomic E-state index is 13.2. The average Bonchev–Trinajstić information content (AvgIpc) is 3.14. The Balaban J connectivity index is 2.54. The molecular formula is C24H24N2O2. The smallest absolute Gasteiger partial charge is 0.191 e. The van der Waals surface area contributed by atoms with Crippen molar-refractivity contribution in [1.29, 1.82) is 10.5 Å². The van der Waals surface area contributed by atoms with Gasteiger partial charge in [-0.2, -0.15) is 10.5 Å². The van der Waals surface area contributed by atoms with E-state index in [9.17, 15) is 20.1 Å². The van der Waals surface area contributed by atoms with Crippen LogP contribution < -0.4 is 10.9 Å². The molecule has 0 fully saturated rings. The average molecular weight is 372 g/mol. The zero-order valence-electron chi connectivity index (χ0n) is 17.0. The van der Waals surface area contributed by atoms with Crippen LogP contribution in [0, 0.1) is 36.5 Å². The topological polar surface area (TPSA) is 81.7 Å². The first kappa shape index (κ1) is 19.8. The third kappa shape index (κ3) is 2.64. The Morgan fingerprint density at radius 2 is 1.04 bits per heavy atom. The summed E-state index contributed by atoms with van der Waals surface area (Å²) in [4.78, 5) is 26.4. The van der Waals surface area contributed by atoms with Crippen LogP contribution in [0.25, 0.3) is 21.5 Å². The van der Waals surface area contributed by atoms with Gasteiger partial charge in [-0.1, -0.05) is 26.7 Å². The van der Waals surface area contributed by atoms with Crippen LogP contribution in [0.1, 0.15) is 72.9 Å². The van der Waals surface area contributed by atoms with Gasteiger partial charge in [0, 0.05) is 32.7 Å². The summed E-state index contributed by atoms with van der Waals surface area (Å²) in [6, 6.07) is 4.45. The van der Waals surface area contributed by atoms with E-state index in [2.05, 4.69) is 12.1 Å². The Bertz CT molecular complexity index is 1160. The second kappa shape index (κ2) is 7.56. The lowest BCUT2D eigenvalue weighted by Crippen LogP contribution is -2.06. The van der Waals surface area contributed by atoms with Crippen molar-refractivity contribution in [3.63, 3.8) is 0 Å². The summed E-state index contributed by atoms with van der Waals surface area (Å²) < 4.78 is 0. The lowest BCUT2D eigenvalue weighted by atomic mass is 9.95. The monoisotopic (exact) mass is 372 g/mol. The van der Waals surface area contributed by atoms with E-state index >= 15 is 0 Å². The Morgan fingerprint density at radius 1 is 0.679 bits per heavy atom. The molecule has 28 heavy (non-hydrogen) atoms. The Hall–Kier alpha value is -2.98. The van der Waals surface area contributed by atoms with Crippen molar-refractivity contribution >= 4 is 21.5 Å². The van der Waals surface area contributed by atoms with E-state index in [0.29, 0.717) is 67.8 Å². The van der Waals surface area contributed by atoms with Gasteiger partial charge in [0.2, 0.25) is 0 Å². The highest BCUT2D eigenvalue weighted by Crippen LogP contribution is 2.36. The lowest BCUT2D eigenvalue weighted by Gasteiger charge is -2.05. The first-order chi connectivity index (χ1) is 13.4. The number of rotatable bonds is 6. The fourth-order valence-electron chi connectivity index (χ4n) is 4.45. The predicted molar refractivity (Wildman–Crippen MR) is 112 cm³/mol. The minimum absolute atomic E-state index is 0.116. The number of benzene rings is 1. The summed E-state index contributed by atoms with van der Waals surface area (Å²) in [5.41, 5.74) is 3.01. The zero-order chi connectivity index (χ0) is 20.6. The van der Waals surface area contributed by atoms with E-state index in [1.165, 1.54) is 0 Å². The molecule has 0 aromatic heterocycles. The number of hydrogen-bond donors (Lipinski definition) is 0. The van der Waals surface area contributed by atoms with Gasteiger partial charge in [-0.25, -0.2) is 0 Å². The molecule has 4 nitrogen and oxygen atoms in total. The number of nitriles is 2. The quantitative estimate of drug-likeness (QED) is 0.631. The van der Waals surface area contributed by atoms with Gasteiger partial charge in [-0.15, -0.1) is 0 Å². The molecule has 0 heterocycles. The highest BCUT2D eigenvalue weighted by atomic mass is 16.1. The fraction of sp³-hybridized carbons (Fsp3) is 0.417. The minimum atomic E-state index is -0.116. The van der Waals surface area contributed by atoms with Crippen LogP contribution in [0.3, 0.4) is 0 Å². The van der Waals surface area contributed by atoms with Crippen LogP contribution in [0.2, 0.25) is 0 Å². The normalized spacial score (nSPS) is 11.2. The largest absolute Gasteiger partial charge is 0.289 e. The van der Waals surface area contributed by atoms with Crippen molar-refractivity contribution in [3.8, 4) is 12.1 Å². The van der Waals surface area contributed by atoms with Crippen LogP contribution >= 0.6 is 0 Å². The molecule has 0 saturated carbocycles. The van der Waals surface area contributed by atoms with Gasteiger partial charge in [0.15, 0.2) is 10.9 Å². The highest BCUT2D eigenvalue weighted by molar-refractivity contribution is 6.11. The molecule has 0 aliphatic heterocycles. The van der Waals surface area contributed by atoms with E-state index in [1.807, 2.05) is 13.8 Å². The summed E-state index contributed by atoms with van der Waals surface area (Å²) >= 11 is 0. The molecule has 3 aromatic rings. The summed E-state index contributed by atoms with van der Waals surface area (Å²) in [5.74, 6) is 0. The third-order valence-electron chi connectivity index (χ3n) is 5.89. The Labute approximate surface area is 164 Å². The molecule has 3 aromatic carbocycles. The van der Waals surface area contributed by atoms with E-state index < -0.39 is 0 Å². The van der Waals surface area contributed by atoms with Crippen molar-refractivity contribution in [1.82, 2.24) is 0 Å². The maximum Gasteiger partial charge on any atom is 0.191 e. The van der Waals surface area contributed by atoms with Gasteiger partial charge in [0.1, 0.15) is 12.1 Å². The Morgan fingerprint density at radius 3 is 1.32 bits per heavy atom. The molecular weight excluding hydrogens is 348 g/mol. The molecule has 0 radical (unpaired) electrons. The first-order valence-electron chi connectivity index (χ1n) is 9.98. The van der Waals surface area contributed by atoms with Crippen molar-refractivity contribution < 1.29 is 0 Å².